The Balaban J connectivity index is 1.70. The number of hydrogen-bond donors (Lipinski definition) is 1. The predicted molar refractivity (Wildman–Crippen MR) is 79.5 cm³/mol. The average molecular weight is 299 g/mol. The lowest BCUT2D eigenvalue weighted by molar-refractivity contribution is -0.146. The van der Waals surface area contributed by atoms with Crippen LogP contribution in [0.2, 0.25) is 0 Å². The first-order chi connectivity index (χ1) is 10.6. The van der Waals surface area contributed by atoms with Gasteiger partial charge in [-0.05, 0) is 25.0 Å². The molecule has 4 rings (SSSR count). The Kier molecular flexibility index (Phi) is 2.87. The van der Waals surface area contributed by atoms with Crippen molar-refractivity contribution in [1.82, 2.24) is 0 Å². The minimum Gasteiger partial charge on any atom is -0.481 e. The smallest absolute Gasteiger partial charge is 0.310 e. The third-order valence-corrected chi connectivity index (χ3v) is 4.91. The summed E-state index contributed by atoms with van der Waals surface area (Å²) in [6, 6.07) is 7.86. The van der Waals surface area contributed by atoms with Crippen LogP contribution in [0.1, 0.15) is 12.5 Å². The molecule has 0 saturated carbocycles. The summed E-state index contributed by atoms with van der Waals surface area (Å²) in [6.45, 7) is 2.00. The minimum absolute atomic E-state index is 0.0439. The molecule has 22 heavy (non-hydrogen) atoms. The Morgan fingerprint density at radius 2 is 1.86 bits per heavy atom. The summed E-state index contributed by atoms with van der Waals surface area (Å²) >= 11 is 0. The number of carbonyl (C=O) groups excluding carboxylic acids is 1. The largest absolute Gasteiger partial charge is 0.481 e. The maximum atomic E-state index is 13.1. The van der Waals surface area contributed by atoms with Gasteiger partial charge in [-0.25, -0.2) is 0 Å². The Hall–Kier alpha value is -2.14. The molecule has 5 atom stereocenters. The summed E-state index contributed by atoms with van der Waals surface area (Å²) in [4.78, 5) is 26.4. The Morgan fingerprint density at radius 3 is 2.59 bits per heavy atom. The number of rotatable bonds is 2. The van der Waals surface area contributed by atoms with Crippen LogP contribution < -0.4 is 4.90 Å². The molecule has 1 aromatic carbocycles. The van der Waals surface area contributed by atoms with Crippen LogP contribution in [-0.4, -0.2) is 35.2 Å². The van der Waals surface area contributed by atoms with Crippen LogP contribution in [0.15, 0.2) is 36.4 Å². The van der Waals surface area contributed by atoms with Crippen LogP contribution in [0, 0.1) is 11.8 Å². The van der Waals surface area contributed by atoms with E-state index in [1.807, 2.05) is 37.3 Å². The molecule has 5 heteroatoms. The summed E-state index contributed by atoms with van der Waals surface area (Å²) in [6.07, 6.45) is 3.48. The number of ether oxygens (including phenoxy) is 1. The minimum atomic E-state index is -0.963. The highest BCUT2D eigenvalue weighted by molar-refractivity contribution is 6.00. The van der Waals surface area contributed by atoms with Crippen molar-refractivity contribution >= 4 is 17.6 Å². The topological polar surface area (TPSA) is 66.8 Å². The van der Waals surface area contributed by atoms with E-state index >= 15 is 0 Å². The van der Waals surface area contributed by atoms with Gasteiger partial charge in [0.25, 0.3) is 0 Å². The van der Waals surface area contributed by atoms with Crippen LogP contribution in [0.4, 0.5) is 5.69 Å². The van der Waals surface area contributed by atoms with Crippen molar-refractivity contribution in [3.63, 3.8) is 0 Å². The molecule has 1 aromatic rings. The first kappa shape index (κ1) is 13.5. The molecule has 0 spiro atoms. The van der Waals surface area contributed by atoms with Crippen molar-refractivity contribution in [2.45, 2.75) is 31.6 Å². The molecular weight excluding hydrogens is 282 g/mol. The van der Waals surface area contributed by atoms with Crippen LogP contribution in [-0.2, 0) is 20.7 Å². The lowest BCUT2D eigenvalue weighted by Crippen LogP contribution is -2.47. The zero-order valence-electron chi connectivity index (χ0n) is 12.2. The van der Waals surface area contributed by atoms with Crippen molar-refractivity contribution in [3.05, 3.63) is 42.0 Å². The number of hydrogen-bond acceptors (Lipinski definition) is 3. The quantitative estimate of drug-likeness (QED) is 0.843. The highest BCUT2D eigenvalue weighted by Gasteiger charge is 2.55. The number of benzene rings is 1. The highest BCUT2D eigenvalue weighted by atomic mass is 16.5. The summed E-state index contributed by atoms with van der Waals surface area (Å²) in [7, 11) is 0. The van der Waals surface area contributed by atoms with Gasteiger partial charge in [-0.15, -0.1) is 0 Å². The number of anilines is 1. The normalized spacial score (nSPS) is 35.0. The summed E-state index contributed by atoms with van der Waals surface area (Å²) in [5.41, 5.74) is 2.03. The second-order valence-corrected chi connectivity index (χ2v) is 6.23. The zero-order chi connectivity index (χ0) is 15.4. The Bertz CT molecular complexity index is 683. The molecule has 1 saturated heterocycles. The standard InChI is InChI=1S/C17H17NO4/c1-9-8-10-4-2-3-5-11(10)18(9)16(19)14-12-6-7-13(22-12)15(14)17(20)21/h2-7,9,12-15H,8H2,1H3,(H,20,21)/t9-,12-,13-,14+,15+/m1/s1. The number of amides is 1. The lowest BCUT2D eigenvalue weighted by atomic mass is 9.82. The van der Waals surface area contributed by atoms with E-state index in [9.17, 15) is 14.7 Å². The SMILES string of the molecule is C[C@@H]1Cc2ccccc2N1C(=O)[C@@H]1[C@@H](C(=O)O)[C@H]2C=C[C@H]1O2. The second kappa shape index (κ2) is 4.68. The molecule has 0 aliphatic carbocycles. The molecule has 2 bridgehead atoms. The van der Waals surface area contributed by atoms with Crippen molar-refractivity contribution < 1.29 is 19.4 Å². The molecule has 0 radical (unpaired) electrons. The van der Waals surface area contributed by atoms with E-state index in [-0.39, 0.29) is 11.9 Å². The van der Waals surface area contributed by atoms with E-state index in [4.69, 9.17) is 4.74 Å². The van der Waals surface area contributed by atoms with Gasteiger partial charge >= 0.3 is 5.97 Å². The molecule has 3 aliphatic rings. The zero-order valence-corrected chi connectivity index (χ0v) is 12.2. The first-order valence-electron chi connectivity index (χ1n) is 7.55. The van der Waals surface area contributed by atoms with Crippen LogP contribution in [0.25, 0.3) is 0 Å². The van der Waals surface area contributed by atoms with Gasteiger partial charge in [0.2, 0.25) is 5.91 Å². The average Bonchev–Trinajstić information content (AvgIpc) is 3.17. The summed E-state index contributed by atoms with van der Waals surface area (Å²) < 4.78 is 5.62. The molecule has 1 amide bonds. The van der Waals surface area contributed by atoms with E-state index in [0.717, 1.165) is 17.7 Å². The van der Waals surface area contributed by atoms with Gasteiger partial charge in [-0.3, -0.25) is 9.59 Å². The summed E-state index contributed by atoms with van der Waals surface area (Å²) in [5, 5.41) is 9.47. The molecule has 0 aromatic heterocycles. The molecule has 5 nitrogen and oxygen atoms in total. The van der Waals surface area contributed by atoms with Crippen molar-refractivity contribution in [3.8, 4) is 0 Å². The third-order valence-electron chi connectivity index (χ3n) is 4.91. The molecule has 114 valence electrons. The van der Waals surface area contributed by atoms with Gasteiger partial charge in [0.15, 0.2) is 0 Å². The molecule has 3 heterocycles. The molecule has 0 unspecified atom stereocenters. The van der Waals surface area contributed by atoms with E-state index in [1.165, 1.54) is 0 Å². The monoisotopic (exact) mass is 299 g/mol. The molecule has 3 aliphatic heterocycles. The highest BCUT2D eigenvalue weighted by Crippen LogP contribution is 2.43. The van der Waals surface area contributed by atoms with Crippen LogP contribution in [0.3, 0.4) is 0 Å². The number of fused-ring (bicyclic) bond motifs is 3. The van der Waals surface area contributed by atoms with E-state index < -0.39 is 30.0 Å². The number of carbonyl (C=O) groups is 2. The van der Waals surface area contributed by atoms with Gasteiger partial charge in [0.1, 0.15) is 5.92 Å². The fourth-order valence-corrected chi connectivity index (χ4v) is 3.96. The predicted octanol–water partition coefficient (Wildman–Crippen LogP) is 1.62. The van der Waals surface area contributed by atoms with Gasteiger partial charge in [0.05, 0.1) is 18.1 Å². The van der Waals surface area contributed by atoms with E-state index in [1.54, 1.807) is 11.0 Å². The maximum absolute atomic E-state index is 13.1. The Labute approximate surface area is 128 Å². The van der Waals surface area contributed by atoms with Crippen molar-refractivity contribution in [2.24, 2.45) is 11.8 Å². The maximum Gasteiger partial charge on any atom is 0.310 e. The van der Waals surface area contributed by atoms with Gasteiger partial charge in [-0.1, -0.05) is 30.4 Å². The number of carboxylic acids is 1. The molecule has 1 N–H and O–H groups in total. The summed E-state index contributed by atoms with van der Waals surface area (Å²) in [5.74, 6) is -2.53. The lowest BCUT2D eigenvalue weighted by Gasteiger charge is -2.29. The van der Waals surface area contributed by atoms with Crippen molar-refractivity contribution in [2.75, 3.05) is 4.90 Å². The van der Waals surface area contributed by atoms with Crippen molar-refractivity contribution in [1.29, 1.82) is 0 Å². The second-order valence-electron chi connectivity index (χ2n) is 6.23. The third kappa shape index (κ3) is 1.75. The fourth-order valence-electron chi connectivity index (χ4n) is 3.96. The van der Waals surface area contributed by atoms with E-state index in [0.29, 0.717) is 0 Å². The van der Waals surface area contributed by atoms with Gasteiger partial charge in [-0.2, -0.15) is 0 Å². The molecular formula is C17H17NO4. The molecule has 1 fully saturated rings. The van der Waals surface area contributed by atoms with E-state index in [2.05, 4.69) is 0 Å². The number of aliphatic carboxylic acids is 1. The number of carboxylic acid groups (broad SMARTS) is 1. The van der Waals surface area contributed by atoms with Gasteiger partial charge < -0.3 is 14.7 Å². The van der Waals surface area contributed by atoms with Gasteiger partial charge in [0, 0.05) is 11.7 Å². The first-order valence-corrected chi connectivity index (χ1v) is 7.55. The van der Waals surface area contributed by atoms with Crippen LogP contribution >= 0.6 is 0 Å². The fraction of sp³-hybridized carbons (Fsp3) is 0.412. The number of para-hydroxylation sites is 1. The Morgan fingerprint density at radius 1 is 1.18 bits per heavy atom. The van der Waals surface area contributed by atoms with Crippen LogP contribution in [0.5, 0.6) is 0 Å². The number of nitrogens with zero attached hydrogens (tertiary/aromatic N) is 1.